The van der Waals surface area contributed by atoms with Crippen molar-refractivity contribution in [2.45, 2.75) is 0 Å². The first kappa shape index (κ1) is 16.0. The van der Waals surface area contributed by atoms with E-state index in [0.717, 1.165) is 11.4 Å². The quantitative estimate of drug-likeness (QED) is 0.565. The van der Waals surface area contributed by atoms with E-state index in [4.69, 9.17) is 10.5 Å². The topological polar surface area (TPSA) is 136 Å². The van der Waals surface area contributed by atoms with E-state index < -0.39 is 0 Å². The lowest BCUT2D eigenvalue weighted by Gasteiger charge is -2.12. The molecule has 0 radical (unpaired) electrons. The molecule has 27 heavy (non-hydrogen) atoms. The molecule has 0 unspecified atom stereocenters. The predicted molar refractivity (Wildman–Crippen MR) is 96.3 cm³/mol. The monoisotopic (exact) mass is 354 g/mol. The number of hydrogen-bond donors (Lipinski definition) is 2. The van der Waals surface area contributed by atoms with Crippen molar-refractivity contribution in [2.24, 2.45) is 0 Å². The highest BCUT2D eigenvalue weighted by Crippen LogP contribution is 2.26. The third kappa shape index (κ3) is 3.34. The van der Waals surface area contributed by atoms with Gasteiger partial charge in [0.05, 0.1) is 23.3 Å². The molecule has 9 heteroatoms. The SMILES string of the molecule is N#Cc1ccc(Nc2nc3nonc3nc2Nc2ccc(C#N)cc2)cc1. The van der Waals surface area contributed by atoms with E-state index in [-0.39, 0.29) is 11.3 Å². The molecule has 0 saturated carbocycles. The Kier molecular flexibility index (Phi) is 4.02. The van der Waals surface area contributed by atoms with Crippen LogP contribution in [0.3, 0.4) is 0 Å². The molecule has 0 spiro atoms. The van der Waals surface area contributed by atoms with Gasteiger partial charge in [-0.2, -0.15) is 10.5 Å². The number of benzene rings is 2. The van der Waals surface area contributed by atoms with Gasteiger partial charge in [0.25, 0.3) is 0 Å². The van der Waals surface area contributed by atoms with Crippen LogP contribution in [0.1, 0.15) is 11.1 Å². The Morgan fingerprint density at radius 2 is 1.07 bits per heavy atom. The molecule has 128 valence electrons. The van der Waals surface area contributed by atoms with Crippen LogP contribution < -0.4 is 10.6 Å². The van der Waals surface area contributed by atoms with Crippen LogP contribution >= 0.6 is 0 Å². The molecule has 0 aliphatic heterocycles. The van der Waals surface area contributed by atoms with E-state index in [9.17, 15) is 0 Å². The molecule has 0 atom stereocenters. The zero-order valence-electron chi connectivity index (χ0n) is 13.7. The first-order chi connectivity index (χ1) is 13.2. The summed E-state index contributed by atoms with van der Waals surface area (Å²) in [5.74, 6) is 0.819. The van der Waals surface area contributed by atoms with Gasteiger partial charge in [-0.15, -0.1) is 0 Å². The zero-order chi connectivity index (χ0) is 18.6. The number of nitrogens with zero attached hydrogens (tertiary/aromatic N) is 6. The van der Waals surface area contributed by atoms with Gasteiger partial charge in [-0.3, -0.25) is 0 Å². The van der Waals surface area contributed by atoms with E-state index in [1.54, 1.807) is 48.5 Å². The van der Waals surface area contributed by atoms with E-state index in [1.165, 1.54) is 0 Å². The summed E-state index contributed by atoms with van der Waals surface area (Å²) in [4.78, 5) is 8.76. The summed E-state index contributed by atoms with van der Waals surface area (Å²) >= 11 is 0. The lowest BCUT2D eigenvalue weighted by molar-refractivity contribution is 0.314. The smallest absolute Gasteiger partial charge is 0.245 e. The summed E-state index contributed by atoms with van der Waals surface area (Å²) in [6.07, 6.45) is 0. The second-order valence-corrected chi connectivity index (χ2v) is 5.46. The van der Waals surface area contributed by atoms with Gasteiger partial charge >= 0.3 is 0 Å². The Balaban J connectivity index is 1.70. The minimum Gasteiger partial charge on any atom is -0.337 e. The number of aromatic nitrogens is 4. The fourth-order valence-electron chi connectivity index (χ4n) is 2.34. The van der Waals surface area contributed by atoms with Crippen LogP contribution in [0.5, 0.6) is 0 Å². The van der Waals surface area contributed by atoms with Crippen LogP contribution in [0.15, 0.2) is 53.2 Å². The van der Waals surface area contributed by atoms with Crippen molar-refractivity contribution in [3.63, 3.8) is 0 Å². The van der Waals surface area contributed by atoms with Gasteiger partial charge in [0.15, 0.2) is 11.6 Å². The molecule has 9 nitrogen and oxygen atoms in total. The first-order valence-corrected chi connectivity index (χ1v) is 7.80. The molecule has 0 fully saturated rings. The highest BCUT2D eigenvalue weighted by Gasteiger charge is 2.13. The minimum atomic E-state index is 0.261. The van der Waals surface area contributed by atoms with E-state index in [2.05, 4.69) is 47.7 Å². The molecule has 2 aromatic carbocycles. The fraction of sp³-hybridized carbons (Fsp3) is 0. The van der Waals surface area contributed by atoms with Gasteiger partial charge in [-0.05, 0) is 58.8 Å². The highest BCUT2D eigenvalue weighted by molar-refractivity contribution is 5.79. The maximum Gasteiger partial charge on any atom is 0.245 e. The van der Waals surface area contributed by atoms with Gasteiger partial charge < -0.3 is 10.6 Å². The molecule has 2 aromatic heterocycles. The molecule has 0 bridgehead atoms. The van der Waals surface area contributed by atoms with Crippen LogP contribution in [0.25, 0.3) is 11.3 Å². The number of fused-ring (bicyclic) bond motifs is 1. The van der Waals surface area contributed by atoms with Crippen LogP contribution in [0, 0.1) is 22.7 Å². The normalized spacial score (nSPS) is 10.1. The summed E-state index contributed by atoms with van der Waals surface area (Å²) in [6.45, 7) is 0. The van der Waals surface area contributed by atoms with Gasteiger partial charge in [-0.1, -0.05) is 0 Å². The summed E-state index contributed by atoms with van der Waals surface area (Å²) < 4.78 is 4.68. The van der Waals surface area contributed by atoms with Crippen LogP contribution in [0.2, 0.25) is 0 Å². The Hall–Kier alpha value is -4.50. The molecule has 0 aliphatic carbocycles. The van der Waals surface area contributed by atoms with E-state index >= 15 is 0 Å². The summed E-state index contributed by atoms with van der Waals surface area (Å²) in [7, 11) is 0. The second kappa shape index (κ2) is 6.78. The third-order valence-corrected chi connectivity index (χ3v) is 3.67. The first-order valence-electron chi connectivity index (χ1n) is 7.80. The number of nitrogens with one attached hydrogen (secondary N) is 2. The Labute approximate surface area is 152 Å². The van der Waals surface area contributed by atoms with E-state index in [0.29, 0.717) is 22.8 Å². The fourth-order valence-corrected chi connectivity index (χ4v) is 2.34. The molecule has 0 amide bonds. The van der Waals surface area contributed by atoms with Crippen LogP contribution in [-0.2, 0) is 0 Å². The number of hydrogen-bond acceptors (Lipinski definition) is 9. The third-order valence-electron chi connectivity index (χ3n) is 3.67. The summed E-state index contributed by atoms with van der Waals surface area (Å²) in [6, 6.07) is 18.0. The number of anilines is 4. The number of nitriles is 2. The van der Waals surface area contributed by atoms with Gasteiger partial charge in [-0.25, -0.2) is 14.6 Å². The maximum atomic E-state index is 8.91. The standard InChI is InChI=1S/C18H10N8O/c19-9-11-1-5-13(6-2-11)21-15-16(24-18-17(23-15)25-27-26-18)22-14-7-3-12(10-20)4-8-14/h1-8H,(H,21,23,25)(H,22,24,26). The Morgan fingerprint density at radius 1 is 0.667 bits per heavy atom. The molecular weight excluding hydrogens is 344 g/mol. The van der Waals surface area contributed by atoms with Gasteiger partial charge in [0, 0.05) is 11.4 Å². The van der Waals surface area contributed by atoms with Crippen molar-refractivity contribution in [3.05, 3.63) is 59.7 Å². The maximum absolute atomic E-state index is 8.91. The largest absolute Gasteiger partial charge is 0.337 e. The molecule has 4 rings (SSSR count). The van der Waals surface area contributed by atoms with Crippen molar-refractivity contribution in [1.29, 1.82) is 10.5 Å². The second-order valence-electron chi connectivity index (χ2n) is 5.46. The van der Waals surface area contributed by atoms with Crippen molar-refractivity contribution in [3.8, 4) is 12.1 Å². The summed E-state index contributed by atoms with van der Waals surface area (Å²) in [5.41, 5.74) is 3.08. The predicted octanol–water partition coefficient (Wildman–Crippen LogP) is 3.24. The van der Waals surface area contributed by atoms with Crippen molar-refractivity contribution >= 4 is 34.3 Å². The van der Waals surface area contributed by atoms with Crippen LogP contribution in [0.4, 0.5) is 23.0 Å². The molecular formula is C18H10N8O. The molecule has 0 saturated heterocycles. The van der Waals surface area contributed by atoms with Crippen molar-refractivity contribution in [1.82, 2.24) is 20.3 Å². The van der Waals surface area contributed by atoms with Crippen LogP contribution in [-0.4, -0.2) is 20.3 Å². The lowest BCUT2D eigenvalue weighted by atomic mass is 10.2. The molecule has 2 N–H and O–H groups in total. The average molecular weight is 354 g/mol. The zero-order valence-corrected chi connectivity index (χ0v) is 13.7. The molecule has 2 heterocycles. The van der Waals surface area contributed by atoms with Crippen molar-refractivity contribution in [2.75, 3.05) is 10.6 Å². The molecule has 4 aromatic rings. The highest BCUT2D eigenvalue weighted by atomic mass is 16.6. The van der Waals surface area contributed by atoms with Gasteiger partial charge in [0.2, 0.25) is 11.3 Å². The van der Waals surface area contributed by atoms with Gasteiger partial charge in [0.1, 0.15) is 0 Å². The Morgan fingerprint density at radius 3 is 1.44 bits per heavy atom. The Bertz CT molecular complexity index is 1090. The lowest BCUT2D eigenvalue weighted by Crippen LogP contribution is -2.03. The number of rotatable bonds is 4. The van der Waals surface area contributed by atoms with E-state index in [1.807, 2.05) is 0 Å². The molecule has 0 aliphatic rings. The average Bonchev–Trinajstić information content (AvgIpc) is 3.16. The minimum absolute atomic E-state index is 0.261. The van der Waals surface area contributed by atoms with Crippen molar-refractivity contribution < 1.29 is 4.63 Å². The summed E-state index contributed by atoms with van der Waals surface area (Å²) in [5, 5.41) is 31.5.